The van der Waals surface area contributed by atoms with Crippen molar-refractivity contribution in [2.24, 2.45) is 0 Å². The Morgan fingerprint density at radius 1 is 1.26 bits per heavy atom. The molecule has 0 saturated carbocycles. The fourth-order valence-corrected chi connectivity index (χ4v) is 2.32. The Hall–Kier alpha value is -2.61. The third-order valence-electron chi connectivity index (χ3n) is 3.63. The van der Waals surface area contributed by atoms with Crippen molar-refractivity contribution in [3.63, 3.8) is 0 Å². The van der Waals surface area contributed by atoms with Crippen molar-refractivity contribution in [1.29, 1.82) is 0 Å². The number of carbonyl (C=O) groups excluding carboxylic acids is 1. The van der Waals surface area contributed by atoms with Crippen LogP contribution in [0.4, 0.5) is 4.79 Å². The summed E-state index contributed by atoms with van der Waals surface area (Å²) in [6.45, 7) is 6.21. The molecule has 1 N–H and O–H groups in total. The van der Waals surface area contributed by atoms with E-state index in [1.165, 1.54) is 0 Å². The van der Waals surface area contributed by atoms with Crippen LogP contribution in [0.2, 0.25) is 0 Å². The van der Waals surface area contributed by atoms with Crippen molar-refractivity contribution in [1.82, 2.24) is 20.4 Å². The standard InChI is InChI=1S/C19H28N4O4/c1-19(2,3)26-18(24)21-16(13-7-9-14(25-6)10-8-13)17-20-15(27-22-17)11-12-23(4)5/h7-10,16H,11-12H2,1-6H3,(H,21,24). The lowest BCUT2D eigenvalue weighted by Gasteiger charge is -2.22. The summed E-state index contributed by atoms with van der Waals surface area (Å²) in [6.07, 6.45) is 0.0739. The molecule has 0 fully saturated rings. The van der Waals surface area contributed by atoms with Crippen LogP contribution in [0.5, 0.6) is 5.75 Å². The first-order chi connectivity index (χ1) is 12.7. The maximum Gasteiger partial charge on any atom is 0.408 e. The van der Waals surface area contributed by atoms with E-state index >= 15 is 0 Å². The lowest BCUT2D eigenvalue weighted by molar-refractivity contribution is 0.0510. The molecule has 1 aromatic carbocycles. The summed E-state index contributed by atoms with van der Waals surface area (Å²) in [6, 6.07) is 6.72. The molecule has 0 spiro atoms. The van der Waals surface area contributed by atoms with Crippen molar-refractivity contribution >= 4 is 6.09 Å². The van der Waals surface area contributed by atoms with Gasteiger partial charge in [-0.1, -0.05) is 17.3 Å². The number of methoxy groups -OCH3 is 1. The van der Waals surface area contributed by atoms with Crippen LogP contribution in [0.1, 0.15) is 44.1 Å². The summed E-state index contributed by atoms with van der Waals surface area (Å²) in [5, 5.41) is 6.88. The van der Waals surface area contributed by atoms with Crippen LogP contribution in [0.25, 0.3) is 0 Å². The predicted molar refractivity (Wildman–Crippen MR) is 101 cm³/mol. The van der Waals surface area contributed by atoms with Crippen LogP contribution in [-0.2, 0) is 11.2 Å². The summed E-state index contributed by atoms with van der Waals surface area (Å²) in [4.78, 5) is 18.8. The highest BCUT2D eigenvalue weighted by Crippen LogP contribution is 2.23. The number of nitrogens with one attached hydrogen (secondary N) is 1. The van der Waals surface area contributed by atoms with Crippen LogP contribution in [0.3, 0.4) is 0 Å². The summed E-state index contributed by atoms with van der Waals surface area (Å²) in [5.74, 6) is 1.61. The Bertz CT molecular complexity index is 735. The van der Waals surface area contributed by atoms with E-state index < -0.39 is 17.7 Å². The first kappa shape index (κ1) is 20.7. The third-order valence-corrected chi connectivity index (χ3v) is 3.63. The molecule has 148 valence electrons. The number of ether oxygens (including phenoxy) is 2. The van der Waals surface area contributed by atoms with Crippen molar-refractivity contribution < 1.29 is 18.8 Å². The highest BCUT2D eigenvalue weighted by molar-refractivity contribution is 5.69. The number of likely N-dealkylation sites (N-methyl/N-ethyl adjacent to an activating group) is 1. The van der Waals surface area contributed by atoms with Gasteiger partial charge >= 0.3 is 6.09 Å². The zero-order valence-corrected chi connectivity index (χ0v) is 16.8. The van der Waals surface area contributed by atoms with Gasteiger partial charge in [-0.3, -0.25) is 0 Å². The second-order valence-electron chi connectivity index (χ2n) is 7.45. The minimum atomic E-state index is -0.608. The zero-order chi connectivity index (χ0) is 20.0. The van der Waals surface area contributed by atoms with Gasteiger partial charge in [-0.05, 0) is 52.6 Å². The highest BCUT2D eigenvalue weighted by Gasteiger charge is 2.25. The van der Waals surface area contributed by atoms with Gasteiger partial charge in [0.05, 0.1) is 7.11 Å². The molecule has 0 aliphatic carbocycles. The molecule has 27 heavy (non-hydrogen) atoms. The third kappa shape index (κ3) is 6.56. The molecule has 2 aromatic rings. The Kier molecular flexibility index (Phi) is 6.79. The number of carbonyl (C=O) groups is 1. The first-order valence-electron chi connectivity index (χ1n) is 8.78. The van der Waals surface area contributed by atoms with Crippen LogP contribution < -0.4 is 10.1 Å². The van der Waals surface area contributed by atoms with Crippen molar-refractivity contribution in [3.8, 4) is 5.75 Å². The summed E-state index contributed by atoms with van der Waals surface area (Å²) >= 11 is 0. The number of hydrogen-bond acceptors (Lipinski definition) is 7. The summed E-state index contributed by atoms with van der Waals surface area (Å²) in [7, 11) is 5.55. The molecular weight excluding hydrogens is 348 g/mol. The Morgan fingerprint density at radius 2 is 1.93 bits per heavy atom. The van der Waals surface area contributed by atoms with E-state index in [1.807, 2.05) is 64.0 Å². The number of rotatable bonds is 7. The number of aromatic nitrogens is 2. The van der Waals surface area contributed by atoms with E-state index in [-0.39, 0.29) is 0 Å². The quantitative estimate of drug-likeness (QED) is 0.795. The van der Waals surface area contributed by atoms with E-state index in [2.05, 4.69) is 15.5 Å². The summed E-state index contributed by atoms with van der Waals surface area (Å²) in [5.41, 5.74) is 0.185. The molecule has 0 saturated heterocycles. The van der Waals surface area contributed by atoms with Crippen LogP contribution >= 0.6 is 0 Å². The number of nitrogens with zero attached hydrogens (tertiary/aromatic N) is 3. The molecule has 1 aromatic heterocycles. The van der Waals surface area contributed by atoms with Gasteiger partial charge in [0.2, 0.25) is 5.89 Å². The molecule has 8 heteroatoms. The molecule has 0 radical (unpaired) electrons. The van der Waals surface area contributed by atoms with E-state index in [4.69, 9.17) is 14.0 Å². The average molecular weight is 376 g/mol. The van der Waals surface area contributed by atoms with E-state index in [0.29, 0.717) is 18.1 Å². The van der Waals surface area contributed by atoms with Gasteiger partial charge in [0.25, 0.3) is 0 Å². The fraction of sp³-hybridized carbons (Fsp3) is 0.526. The predicted octanol–water partition coefficient (Wildman–Crippen LogP) is 2.80. The molecule has 8 nitrogen and oxygen atoms in total. The molecule has 1 unspecified atom stereocenters. The lowest BCUT2D eigenvalue weighted by atomic mass is 10.1. The van der Waals surface area contributed by atoms with Gasteiger partial charge in [-0.15, -0.1) is 0 Å². The molecule has 2 rings (SSSR count). The first-order valence-corrected chi connectivity index (χ1v) is 8.78. The zero-order valence-electron chi connectivity index (χ0n) is 16.8. The Morgan fingerprint density at radius 3 is 2.48 bits per heavy atom. The molecule has 0 aliphatic rings. The molecule has 0 bridgehead atoms. The fourth-order valence-electron chi connectivity index (χ4n) is 2.32. The minimum Gasteiger partial charge on any atom is -0.497 e. The molecule has 0 aliphatic heterocycles. The van der Waals surface area contributed by atoms with Crippen molar-refractivity contribution in [2.45, 2.75) is 38.8 Å². The monoisotopic (exact) mass is 376 g/mol. The molecule has 1 heterocycles. The normalized spacial score (nSPS) is 12.7. The minimum absolute atomic E-state index is 0.375. The maximum atomic E-state index is 12.3. The smallest absolute Gasteiger partial charge is 0.408 e. The van der Waals surface area contributed by atoms with Crippen LogP contribution in [0, 0.1) is 0 Å². The van der Waals surface area contributed by atoms with E-state index in [1.54, 1.807) is 7.11 Å². The largest absolute Gasteiger partial charge is 0.497 e. The van der Waals surface area contributed by atoms with E-state index in [0.717, 1.165) is 17.9 Å². The molecule has 1 atom stereocenters. The number of alkyl carbamates (subject to hydrolysis) is 1. The van der Waals surface area contributed by atoms with Crippen LogP contribution in [0.15, 0.2) is 28.8 Å². The van der Waals surface area contributed by atoms with Gasteiger partial charge < -0.3 is 24.2 Å². The van der Waals surface area contributed by atoms with Crippen molar-refractivity contribution in [3.05, 3.63) is 41.5 Å². The second-order valence-corrected chi connectivity index (χ2v) is 7.45. The van der Waals surface area contributed by atoms with Gasteiger partial charge in [-0.2, -0.15) is 4.98 Å². The van der Waals surface area contributed by atoms with Gasteiger partial charge in [0.15, 0.2) is 5.82 Å². The highest BCUT2D eigenvalue weighted by atomic mass is 16.6. The van der Waals surface area contributed by atoms with Gasteiger partial charge in [0, 0.05) is 13.0 Å². The average Bonchev–Trinajstić information content (AvgIpc) is 3.05. The molecular formula is C19H28N4O4. The summed E-state index contributed by atoms with van der Waals surface area (Å²) < 4.78 is 15.9. The second kappa shape index (κ2) is 8.85. The number of benzene rings is 1. The Balaban J connectivity index is 2.24. The number of hydrogen-bond donors (Lipinski definition) is 1. The van der Waals surface area contributed by atoms with Crippen LogP contribution in [-0.4, -0.2) is 54.5 Å². The van der Waals surface area contributed by atoms with E-state index in [9.17, 15) is 4.79 Å². The Labute approximate surface area is 159 Å². The SMILES string of the molecule is COc1ccc(C(NC(=O)OC(C)(C)C)c2noc(CCN(C)C)n2)cc1. The topological polar surface area (TPSA) is 89.7 Å². The molecule has 1 amide bonds. The maximum absolute atomic E-state index is 12.3. The van der Waals surface area contributed by atoms with Gasteiger partial charge in [0.1, 0.15) is 17.4 Å². The lowest BCUT2D eigenvalue weighted by Crippen LogP contribution is -2.35. The van der Waals surface area contributed by atoms with Crippen molar-refractivity contribution in [2.75, 3.05) is 27.7 Å². The number of amides is 1. The van der Waals surface area contributed by atoms with Gasteiger partial charge in [-0.25, -0.2) is 4.79 Å².